The monoisotopic (exact) mass is 311 g/mol. The number of carbonyl (C=O) groups excluding carboxylic acids is 1. The van der Waals surface area contributed by atoms with E-state index in [2.05, 4.69) is 0 Å². The minimum absolute atomic E-state index is 0.0798. The molecule has 0 radical (unpaired) electrons. The Balaban J connectivity index is 2.04. The Morgan fingerprint density at radius 1 is 1.41 bits per heavy atom. The van der Waals surface area contributed by atoms with E-state index in [1.807, 2.05) is 0 Å². The van der Waals surface area contributed by atoms with Gasteiger partial charge in [0, 0.05) is 25.6 Å². The first-order valence-corrected chi connectivity index (χ1v) is 6.90. The Bertz CT molecular complexity index is 565. The highest BCUT2D eigenvalue weighted by Gasteiger charge is 2.46. The molecular formula is C15H18FNO5. The van der Waals surface area contributed by atoms with Crippen molar-refractivity contribution in [3.63, 3.8) is 0 Å². The zero-order chi connectivity index (χ0) is 16.2. The Morgan fingerprint density at radius 3 is 2.82 bits per heavy atom. The number of alkyl halides is 1. The number of carboxylic acids is 1. The van der Waals surface area contributed by atoms with E-state index in [1.165, 1.54) is 4.90 Å². The van der Waals surface area contributed by atoms with Crippen LogP contribution in [0.2, 0.25) is 0 Å². The highest BCUT2D eigenvalue weighted by atomic mass is 19.1. The van der Waals surface area contributed by atoms with Crippen molar-refractivity contribution in [1.82, 2.24) is 4.90 Å². The van der Waals surface area contributed by atoms with Crippen LogP contribution in [0.3, 0.4) is 0 Å². The van der Waals surface area contributed by atoms with Crippen molar-refractivity contribution in [2.24, 2.45) is 0 Å². The van der Waals surface area contributed by atoms with Gasteiger partial charge in [-0.3, -0.25) is 4.79 Å². The largest absolute Gasteiger partial charge is 0.491 e. The maximum atomic E-state index is 14.0. The van der Waals surface area contributed by atoms with Crippen LogP contribution >= 0.6 is 0 Å². The molecule has 2 rings (SSSR count). The first-order chi connectivity index (χ1) is 10.5. The van der Waals surface area contributed by atoms with Crippen molar-refractivity contribution >= 4 is 11.9 Å². The molecule has 0 bridgehead atoms. The molecule has 120 valence electrons. The second-order valence-electron chi connectivity index (χ2n) is 5.12. The van der Waals surface area contributed by atoms with E-state index in [1.54, 1.807) is 31.4 Å². The summed E-state index contributed by atoms with van der Waals surface area (Å²) in [6, 6.07) is 6.50. The van der Waals surface area contributed by atoms with Gasteiger partial charge in [-0.05, 0) is 18.2 Å². The molecule has 1 fully saturated rings. The van der Waals surface area contributed by atoms with E-state index in [9.17, 15) is 14.0 Å². The quantitative estimate of drug-likeness (QED) is 0.803. The predicted molar refractivity (Wildman–Crippen MR) is 75.8 cm³/mol. The molecule has 6 nitrogen and oxygen atoms in total. The number of carboxylic acid groups (broad SMARTS) is 1. The molecule has 1 aromatic carbocycles. The van der Waals surface area contributed by atoms with Crippen molar-refractivity contribution in [2.75, 3.05) is 33.4 Å². The lowest BCUT2D eigenvalue weighted by Crippen LogP contribution is -2.38. The number of hydrogen-bond acceptors (Lipinski definition) is 4. The summed E-state index contributed by atoms with van der Waals surface area (Å²) in [5.41, 5.74) is -2.02. The molecule has 1 N–H and O–H groups in total. The van der Waals surface area contributed by atoms with Gasteiger partial charge < -0.3 is 19.5 Å². The lowest BCUT2D eigenvalue weighted by molar-refractivity contribution is -0.149. The molecule has 7 heteroatoms. The molecule has 1 atom stereocenters. The zero-order valence-electron chi connectivity index (χ0n) is 12.3. The van der Waals surface area contributed by atoms with Gasteiger partial charge in [-0.25, -0.2) is 9.18 Å². The molecule has 1 unspecified atom stereocenters. The number of halogens is 1. The number of benzene rings is 1. The number of ether oxygens (including phenoxy) is 2. The predicted octanol–water partition coefficient (Wildman–Crippen LogP) is 1.35. The zero-order valence-corrected chi connectivity index (χ0v) is 12.3. The summed E-state index contributed by atoms with van der Waals surface area (Å²) in [4.78, 5) is 24.4. The van der Waals surface area contributed by atoms with Crippen LogP contribution < -0.4 is 4.74 Å². The van der Waals surface area contributed by atoms with Gasteiger partial charge in [-0.15, -0.1) is 0 Å². The lowest BCUT2D eigenvalue weighted by Gasteiger charge is -2.18. The van der Waals surface area contributed by atoms with Crippen LogP contribution in [0.1, 0.15) is 16.8 Å². The fraction of sp³-hybridized carbons (Fsp3) is 0.467. The Hall–Kier alpha value is -2.15. The Labute approximate surface area is 127 Å². The summed E-state index contributed by atoms with van der Waals surface area (Å²) in [6.45, 7) is 0.421. The van der Waals surface area contributed by atoms with Crippen molar-refractivity contribution in [1.29, 1.82) is 0 Å². The van der Waals surface area contributed by atoms with Crippen molar-refractivity contribution < 1.29 is 28.6 Å². The molecule has 1 aliphatic heterocycles. The van der Waals surface area contributed by atoms with Gasteiger partial charge >= 0.3 is 5.97 Å². The maximum Gasteiger partial charge on any atom is 0.343 e. The van der Waals surface area contributed by atoms with Crippen molar-refractivity contribution in [3.05, 3.63) is 29.8 Å². The standard InChI is InChI=1S/C15H18FNO5/c1-21-7-8-22-12-4-2-3-11(9-12)13(18)17-6-5-15(16,10-17)14(19)20/h2-4,9H,5-8,10H2,1H3,(H,19,20). The molecule has 1 amide bonds. The third-order valence-electron chi connectivity index (χ3n) is 3.53. The Morgan fingerprint density at radius 2 is 2.18 bits per heavy atom. The molecule has 0 aromatic heterocycles. The average Bonchev–Trinajstić information content (AvgIpc) is 2.91. The molecule has 1 saturated heterocycles. The van der Waals surface area contributed by atoms with Crippen LogP contribution in [0.15, 0.2) is 24.3 Å². The first-order valence-electron chi connectivity index (χ1n) is 6.90. The fourth-order valence-electron chi connectivity index (χ4n) is 2.27. The molecular weight excluding hydrogens is 293 g/mol. The maximum absolute atomic E-state index is 14.0. The van der Waals surface area contributed by atoms with E-state index in [0.717, 1.165) is 0 Å². The summed E-state index contributed by atoms with van der Waals surface area (Å²) in [5.74, 6) is -1.43. The van der Waals surface area contributed by atoms with E-state index in [4.69, 9.17) is 14.6 Å². The number of carbonyl (C=O) groups is 2. The minimum atomic E-state index is -2.36. The highest BCUT2D eigenvalue weighted by Crippen LogP contribution is 2.27. The molecule has 1 aromatic rings. The van der Waals surface area contributed by atoms with Crippen LogP contribution in [-0.4, -0.2) is 61.0 Å². The number of amides is 1. The topological polar surface area (TPSA) is 76.1 Å². The third-order valence-corrected chi connectivity index (χ3v) is 3.53. The highest BCUT2D eigenvalue weighted by molar-refractivity contribution is 5.95. The lowest BCUT2D eigenvalue weighted by atomic mass is 10.1. The van der Waals surface area contributed by atoms with Crippen LogP contribution in [0, 0.1) is 0 Å². The SMILES string of the molecule is COCCOc1cccc(C(=O)N2CCC(F)(C(=O)O)C2)c1. The normalized spacial score (nSPS) is 20.9. The number of rotatable bonds is 6. The number of methoxy groups -OCH3 is 1. The van der Waals surface area contributed by atoms with Gasteiger partial charge in [0.05, 0.1) is 13.2 Å². The first kappa shape index (κ1) is 16.2. The number of likely N-dealkylation sites (tertiary alicyclic amines) is 1. The Kier molecular flexibility index (Phi) is 4.97. The molecule has 22 heavy (non-hydrogen) atoms. The van der Waals surface area contributed by atoms with Gasteiger partial charge in [0.2, 0.25) is 5.67 Å². The van der Waals surface area contributed by atoms with Crippen molar-refractivity contribution in [2.45, 2.75) is 12.1 Å². The van der Waals surface area contributed by atoms with E-state index in [-0.39, 0.29) is 13.0 Å². The summed E-state index contributed by atoms with van der Waals surface area (Å²) in [6.07, 6.45) is -0.196. The van der Waals surface area contributed by atoms with E-state index >= 15 is 0 Å². The van der Waals surface area contributed by atoms with Gasteiger partial charge in [0.1, 0.15) is 12.4 Å². The number of hydrogen-bond donors (Lipinski definition) is 1. The molecule has 0 saturated carbocycles. The van der Waals surface area contributed by atoms with Gasteiger partial charge in [-0.2, -0.15) is 0 Å². The summed E-state index contributed by atoms with van der Waals surface area (Å²) in [7, 11) is 1.56. The second kappa shape index (κ2) is 6.74. The molecule has 0 spiro atoms. The summed E-state index contributed by atoms with van der Waals surface area (Å²) in [5, 5.41) is 8.86. The smallest absolute Gasteiger partial charge is 0.343 e. The van der Waals surface area contributed by atoms with E-state index in [0.29, 0.717) is 24.5 Å². The van der Waals surface area contributed by atoms with Gasteiger partial charge in [0.25, 0.3) is 5.91 Å². The minimum Gasteiger partial charge on any atom is -0.491 e. The number of nitrogens with zero attached hydrogens (tertiary/aromatic N) is 1. The molecule has 1 aliphatic rings. The average molecular weight is 311 g/mol. The molecule has 0 aliphatic carbocycles. The second-order valence-corrected chi connectivity index (χ2v) is 5.12. The van der Waals surface area contributed by atoms with Gasteiger partial charge in [-0.1, -0.05) is 6.07 Å². The summed E-state index contributed by atoms with van der Waals surface area (Å²) >= 11 is 0. The van der Waals surface area contributed by atoms with Crippen LogP contribution in [0.4, 0.5) is 4.39 Å². The summed E-state index contributed by atoms with van der Waals surface area (Å²) < 4.78 is 24.3. The van der Waals surface area contributed by atoms with E-state index < -0.39 is 24.1 Å². The van der Waals surface area contributed by atoms with Gasteiger partial charge in [0.15, 0.2) is 0 Å². The van der Waals surface area contributed by atoms with Crippen molar-refractivity contribution in [3.8, 4) is 5.75 Å². The van der Waals surface area contributed by atoms with Crippen LogP contribution in [-0.2, 0) is 9.53 Å². The van der Waals surface area contributed by atoms with Crippen LogP contribution in [0.5, 0.6) is 5.75 Å². The van der Waals surface area contributed by atoms with Crippen LogP contribution in [0.25, 0.3) is 0 Å². The number of aliphatic carboxylic acids is 1. The molecule has 1 heterocycles. The fourth-order valence-corrected chi connectivity index (χ4v) is 2.27. The third kappa shape index (κ3) is 3.54.